The van der Waals surface area contributed by atoms with Crippen molar-refractivity contribution in [3.63, 3.8) is 0 Å². The molecule has 2 aromatic carbocycles. The lowest BCUT2D eigenvalue weighted by atomic mass is 10.2. The first-order valence-corrected chi connectivity index (χ1v) is 6.60. The molecule has 0 saturated carbocycles. The summed E-state index contributed by atoms with van der Waals surface area (Å²) in [6.45, 7) is 0.566. The highest BCUT2D eigenvalue weighted by Crippen LogP contribution is 2.26. The van der Waals surface area contributed by atoms with Gasteiger partial charge in [0.15, 0.2) is 0 Å². The number of nitrogens with zero attached hydrogens (tertiary/aromatic N) is 1. The summed E-state index contributed by atoms with van der Waals surface area (Å²) < 4.78 is 0. The van der Waals surface area contributed by atoms with Crippen LogP contribution in [0.1, 0.15) is 5.56 Å². The molecule has 0 aliphatic rings. The normalized spacial score (nSPS) is 10.8. The van der Waals surface area contributed by atoms with Crippen LogP contribution in [0, 0.1) is 0 Å². The van der Waals surface area contributed by atoms with Crippen molar-refractivity contribution in [2.45, 2.75) is 6.54 Å². The number of nitrogens with one attached hydrogen (secondary N) is 2. The third-order valence-corrected chi connectivity index (χ3v) is 3.70. The third kappa shape index (κ3) is 2.39. The summed E-state index contributed by atoms with van der Waals surface area (Å²) in [7, 11) is 0. The molecule has 0 bridgehead atoms. The van der Waals surface area contributed by atoms with E-state index in [4.69, 9.17) is 23.2 Å². The van der Waals surface area contributed by atoms with Gasteiger partial charge in [-0.1, -0.05) is 41.4 Å². The maximum Gasteiger partial charge on any atom is 0.0881 e. The van der Waals surface area contributed by atoms with Gasteiger partial charge in [-0.05, 0) is 18.2 Å². The second-order valence-corrected chi connectivity index (χ2v) is 5.01. The largest absolute Gasteiger partial charge is 0.379 e. The number of benzene rings is 2. The second-order valence-electron chi connectivity index (χ2n) is 4.19. The summed E-state index contributed by atoms with van der Waals surface area (Å²) in [5.41, 5.74) is 2.85. The van der Waals surface area contributed by atoms with Crippen molar-refractivity contribution in [1.82, 2.24) is 10.2 Å². The van der Waals surface area contributed by atoms with Crippen LogP contribution < -0.4 is 5.32 Å². The molecule has 3 aromatic rings. The first kappa shape index (κ1) is 12.3. The number of fused-ring (bicyclic) bond motifs is 1. The molecule has 96 valence electrons. The van der Waals surface area contributed by atoms with Crippen LogP contribution in [0.15, 0.2) is 42.6 Å². The van der Waals surface area contributed by atoms with Gasteiger partial charge in [-0.15, -0.1) is 0 Å². The van der Waals surface area contributed by atoms with Crippen molar-refractivity contribution in [2.75, 3.05) is 5.32 Å². The number of halogens is 2. The number of para-hydroxylation sites is 1. The Bertz CT molecular complexity index is 701. The Kier molecular flexibility index (Phi) is 3.32. The lowest BCUT2D eigenvalue weighted by Gasteiger charge is -2.10. The van der Waals surface area contributed by atoms with E-state index in [9.17, 15) is 0 Å². The van der Waals surface area contributed by atoms with E-state index in [-0.39, 0.29) is 0 Å². The molecule has 0 atom stereocenters. The van der Waals surface area contributed by atoms with E-state index in [2.05, 4.69) is 15.5 Å². The van der Waals surface area contributed by atoms with Gasteiger partial charge in [-0.3, -0.25) is 5.10 Å². The van der Waals surface area contributed by atoms with E-state index in [1.807, 2.05) is 36.4 Å². The zero-order chi connectivity index (χ0) is 13.2. The topological polar surface area (TPSA) is 40.7 Å². The first-order valence-electron chi connectivity index (χ1n) is 5.84. The van der Waals surface area contributed by atoms with Crippen molar-refractivity contribution in [3.05, 3.63) is 58.2 Å². The minimum Gasteiger partial charge on any atom is -0.379 e. The van der Waals surface area contributed by atoms with Gasteiger partial charge in [0.25, 0.3) is 0 Å². The van der Waals surface area contributed by atoms with Crippen LogP contribution in [0.5, 0.6) is 0 Å². The van der Waals surface area contributed by atoms with E-state index >= 15 is 0 Å². The van der Waals surface area contributed by atoms with Crippen LogP contribution in [-0.2, 0) is 6.54 Å². The maximum absolute atomic E-state index is 6.15. The zero-order valence-electron chi connectivity index (χ0n) is 9.95. The zero-order valence-corrected chi connectivity index (χ0v) is 11.5. The van der Waals surface area contributed by atoms with Crippen molar-refractivity contribution in [2.24, 2.45) is 0 Å². The van der Waals surface area contributed by atoms with E-state index in [1.165, 1.54) is 0 Å². The summed E-state index contributed by atoms with van der Waals surface area (Å²) >= 11 is 12.3. The smallest absolute Gasteiger partial charge is 0.0881 e. The summed E-state index contributed by atoms with van der Waals surface area (Å²) in [5.74, 6) is 0. The quantitative estimate of drug-likeness (QED) is 0.747. The fourth-order valence-electron chi connectivity index (χ4n) is 2.00. The minimum atomic E-state index is 0.566. The number of aromatic amines is 1. The average Bonchev–Trinajstić information content (AvgIpc) is 2.87. The predicted molar refractivity (Wildman–Crippen MR) is 79.9 cm³/mol. The Hall–Kier alpha value is -1.71. The highest BCUT2D eigenvalue weighted by atomic mass is 35.5. The van der Waals surface area contributed by atoms with Gasteiger partial charge in [0, 0.05) is 27.5 Å². The van der Waals surface area contributed by atoms with Crippen LogP contribution >= 0.6 is 23.2 Å². The first-order chi connectivity index (χ1) is 9.25. The molecule has 0 spiro atoms. The average molecular weight is 292 g/mol. The van der Waals surface area contributed by atoms with Gasteiger partial charge in [0.1, 0.15) is 0 Å². The minimum absolute atomic E-state index is 0.566. The third-order valence-electron chi connectivity index (χ3n) is 2.99. The lowest BCUT2D eigenvalue weighted by Crippen LogP contribution is -2.01. The van der Waals surface area contributed by atoms with Crippen LogP contribution in [0.4, 0.5) is 5.69 Å². The fourth-order valence-corrected chi connectivity index (χ4v) is 2.53. The highest BCUT2D eigenvalue weighted by Gasteiger charge is 2.07. The Labute approximate surface area is 120 Å². The molecule has 3 nitrogen and oxygen atoms in total. The van der Waals surface area contributed by atoms with Crippen molar-refractivity contribution in [1.29, 1.82) is 0 Å². The van der Waals surface area contributed by atoms with E-state index in [0.29, 0.717) is 16.6 Å². The second kappa shape index (κ2) is 5.11. The maximum atomic E-state index is 6.15. The van der Waals surface area contributed by atoms with Crippen molar-refractivity contribution < 1.29 is 0 Å². The van der Waals surface area contributed by atoms with E-state index < -0.39 is 0 Å². The van der Waals surface area contributed by atoms with E-state index in [1.54, 1.807) is 6.20 Å². The number of hydrogen-bond acceptors (Lipinski definition) is 2. The molecule has 5 heteroatoms. The number of hydrogen-bond donors (Lipinski definition) is 2. The van der Waals surface area contributed by atoms with Gasteiger partial charge in [-0.25, -0.2) is 0 Å². The molecule has 0 saturated heterocycles. The molecule has 2 N–H and O–H groups in total. The fraction of sp³-hybridized carbons (Fsp3) is 0.0714. The van der Waals surface area contributed by atoms with Gasteiger partial charge in [0.2, 0.25) is 0 Å². The van der Waals surface area contributed by atoms with E-state index in [0.717, 1.165) is 22.2 Å². The predicted octanol–water partition coefficient (Wildman–Crippen LogP) is 4.48. The van der Waals surface area contributed by atoms with Gasteiger partial charge < -0.3 is 5.32 Å². The number of H-pyrrole nitrogens is 1. The SMILES string of the molecule is Clc1cccc(Cl)c1CNc1cccc2cn[nH]c12. The summed E-state index contributed by atoms with van der Waals surface area (Å²) in [4.78, 5) is 0. The molecular formula is C14H11Cl2N3. The van der Waals surface area contributed by atoms with Crippen LogP contribution in [-0.4, -0.2) is 10.2 Å². The summed E-state index contributed by atoms with van der Waals surface area (Å²) in [6, 6.07) is 11.5. The molecule has 0 fully saturated rings. The van der Waals surface area contributed by atoms with Gasteiger partial charge in [0.05, 0.1) is 17.4 Å². The molecule has 0 radical (unpaired) electrons. The molecule has 0 aliphatic heterocycles. The number of aromatic nitrogens is 2. The molecule has 0 amide bonds. The molecular weight excluding hydrogens is 281 g/mol. The molecule has 0 aliphatic carbocycles. The molecule has 0 unspecified atom stereocenters. The molecule has 3 rings (SSSR count). The lowest BCUT2D eigenvalue weighted by molar-refractivity contribution is 1.11. The Morgan fingerprint density at radius 1 is 1.05 bits per heavy atom. The number of anilines is 1. The van der Waals surface area contributed by atoms with Crippen LogP contribution in [0.25, 0.3) is 10.9 Å². The summed E-state index contributed by atoms with van der Waals surface area (Å²) in [5, 5.41) is 12.7. The monoisotopic (exact) mass is 291 g/mol. The van der Waals surface area contributed by atoms with Gasteiger partial charge >= 0.3 is 0 Å². The van der Waals surface area contributed by atoms with Crippen LogP contribution in [0.3, 0.4) is 0 Å². The molecule has 1 heterocycles. The van der Waals surface area contributed by atoms with Crippen molar-refractivity contribution >= 4 is 39.8 Å². The number of rotatable bonds is 3. The highest BCUT2D eigenvalue weighted by molar-refractivity contribution is 6.36. The van der Waals surface area contributed by atoms with Gasteiger partial charge in [-0.2, -0.15) is 5.10 Å². The Balaban J connectivity index is 1.88. The standard InChI is InChI=1S/C14H11Cl2N3/c15-11-4-2-5-12(16)10(11)8-17-13-6-1-3-9-7-18-19-14(9)13/h1-7,17H,8H2,(H,18,19). The van der Waals surface area contributed by atoms with Crippen molar-refractivity contribution in [3.8, 4) is 0 Å². The summed E-state index contributed by atoms with van der Waals surface area (Å²) in [6.07, 6.45) is 1.79. The molecule has 19 heavy (non-hydrogen) atoms. The molecule has 1 aromatic heterocycles. The van der Waals surface area contributed by atoms with Crippen LogP contribution in [0.2, 0.25) is 10.0 Å². The Morgan fingerprint density at radius 3 is 2.58 bits per heavy atom. The Morgan fingerprint density at radius 2 is 1.79 bits per heavy atom.